The van der Waals surface area contributed by atoms with Gasteiger partial charge in [-0.2, -0.15) is 0 Å². The van der Waals surface area contributed by atoms with Crippen LogP contribution in [0.15, 0.2) is 18.2 Å². The third-order valence-corrected chi connectivity index (χ3v) is 3.04. The molecule has 7 nitrogen and oxygen atoms in total. The first-order chi connectivity index (χ1) is 11.0. The van der Waals surface area contributed by atoms with E-state index in [9.17, 15) is 9.59 Å². The molecule has 24 heavy (non-hydrogen) atoms. The molecule has 0 saturated heterocycles. The predicted molar refractivity (Wildman–Crippen MR) is 91.6 cm³/mol. The van der Waals surface area contributed by atoms with E-state index in [-0.39, 0.29) is 0 Å². The number of alkyl carbamates (subject to hydrolysis) is 1. The van der Waals surface area contributed by atoms with Crippen molar-refractivity contribution in [3.8, 4) is 11.5 Å². The molecule has 1 aromatic rings. The monoisotopic (exact) mass is 338 g/mol. The normalized spacial score (nSPS) is 11.5. The van der Waals surface area contributed by atoms with Gasteiger partial charge in [0.1, 0.15) is 22.6 Å². The number of hydrogen-bond acceptors (Lipinski definition) is 5. The lowest BCUT2D eigenvalue weighted by molar-refractivity contribution is -0.121. The molecule has 0 unspecified atom stereocenters. The van der Waals surface area contributed by atoms with Crippen LogP contribution < -0.4 is 20.1 Å². The molecule has 0 aliphatic heterocycles. The molecule has 0 aliphatic rings. The fourth-order valence-electron chi connectivity index (χ4n) is 1.80. The van der Waals surface area contributed by atoms with Crippen molar-refractivity contribution in [2.24, 2.45) is 0 Å². The summed E-state index contributed by atoms with van der Waals surface area (Å²) in [6.07, 6.45) is -0.663. The number of benzene rings is 1. The Morgan fingerprint density at radius 2 is 1.62 bits per heavy atom. The molecule has 1 aromatic carbocycles. The Labute approximate surface area is 142 Å². The molecule has 0 heterocycles. The van der Waals surface area contributed by atoms with Crippen LogP contribution in [-0.4, -0.2) is 37.4 Å². The Bertz CT molecular complexity index is 605. The zero-order valence-electron chi connectivity index (χ0n) is 15.3. The van der Waals surface area contributed by atoms with Crippen molar-refractivity contribution < 1.29 is 23.8 Å². The molecule has 2 N–H and O–H groups in total. The third kappa shape index (κ3) is 5.64. The predicted octanol–water partition coefficient (Wildman–Crippen LogP) is 2.95. The zero-order chi connectivity index (χ0) is 18.5. The van der Waals surface area contributed by atoms with Gasteiger partial charge in [0.05, 0.1) is 19.9 Å². The Balaban J connectivity index is 2.84. The molecule has 0 bridgehead atoms. The lowest BCUT2D eigenvalue weighted by Crippen LogP contribution is -2.53. The summed E-state index contributed by atoms with van der Waals surface area (Å²) >= 11 is 0. The molecule has 0 spiro atoms. The van der Waals surface area contributed by atoms with Gasteiger partial charge in [-0.05, 0) is 46.8 Å². The van der Waals surface area contributed by atoms with E-state index in [0.29, 0.717) is 17.2 Å². The molecule has 0 fully saturated rings. The minimum atomic E-state index is -1.17. The second-order valence-corrected chi connectivity index (χ2v) is 6.77. The molecule has 0 saturated carbocycles. The lowest BCUT2D eigenvalue weighted by Gasteiger charge is -2.28. The SMILES string of the molecule is COc1ccc(NC(=O)C(C)(C)NC(=O)OC(C)(C)C)c(OC)c1. The van der Waals surface area contributed by atoms with Crippen molar-refractivity contribution in [2.75, 3.05) is 19.5 Å². The number of anilines is 1. The molecular formula is C17H26N2O5. The maximum absolute atomic E-state index is 12.5. The second kappa shape index (κ2) is 7.42. The largest absolute Gasteiger partial charge is 0.497 e. The van der Waals surface area contributed by atoms with Crippen molar-refractivity contribution >= 4 is 17.7 Å². The number of amides is 2. The van der Waals surface area contributed by atoms with Gasteiger partial charge in [-0.25, -0.2) is 4.79 Å². The maximum atomic E-state index is 12.5. The van der Waals surface area contributed by atoms with E-state index in [1.807, 2.05) is 0 Å². The van der Waals surface area contributed by atoms with E-state index in [0.717, 1.165) is 0 Å². The topological polar surface area (TPSA) is 85.9 Å². The standard InChI is InChI=1S/C17H26N2O5/c1-16(2,3)24-15(21)19-17(4,5)14(20)18-12-9-8-11(22-6)10-13(12)23-7/h8-10H,1-7H3,(H,18,20)(H,19,21). The molecule has 0 aliphatic carbocycles. The molecule has 2 amide bonds. The minimum absolute atomic E-state index is 0.406. The van der Waals surface area contributed by atoms with E-state index < -0.39 is 23.1 Å². The minimum Gasteiger partial charge on any atom is -0.497 e. The molecule has 0 aromatic heterocycles. The summed E-state index contributed by atoms with van der Waals surface area (Å²) in [5.74, 6) is 0.656. The van der Waals surface area contributed by atoms with Crippen molar-refractivity contribution in [3.63, 3.8) is 0 Å². The highest BCUT2D eigenvalue weighted by Crippen LogP contribution is 2.29. The number of carbonyl (C=O) groups is 2. The van der Waals surface area contributed by atoms with Crippen molar-refractivity contribution in [1.29, 1.82) is 0 Å². The van der Waals surface area contributed by atoms with E-state index in [2.05, 4.69) is 10.6 Å². The highest BCUT2D eigenvalue weighted by molar-refractivity contribution is 6.00. The fourth-order valence-corrected chi connectivity index (χ4v) is 1.80. The number of rotatable bonds is 5. The molecular weight excluding hydrogens is 312 g/mol. The van der Waals surface area contributed by atoms with Gasteiger partial charge in [-0.3, -0.25) is 4.79 Å². The maximum Gasteiger partial charge on any atom is 0.408 e. The summed E-state index contributed by atoms with van der Waals surface area (Å²) < 4.78 is 15.5. The van der Waals surface area contributed by atoms with E-state index in [1.54, 1.807) is 59.9 Å². The number of hydrogen-bond donors (Lipinski definition) is 2. The molecule has 0 atom stereocenters. The summed E-state index contributed by atoms with van der Waals surface area (Å²) in [5, 5.41) is 5.29. The van der Waals surface area contributed by atoms with Gasteiger partial charge >= 0.3 is 6.09 Å². The Morgan fingerprint density at radius 3 is 2.12 bits per heavy atom. The van der Waals surface area contributed by atoms with Gasteiger partial charge in [-0.15, -0.1) is 0 Å². The molecule has 7 heteroatoms. The van der Waals surface area contributed by atoms with Crippen LogP contribution in [-0.2, 0) is 9.53 Å². The van der Waals surface area contributed by atoms with Crippen LogP contribution in [0.4, 0.5) is 10.5 Å². The van der Waals surface area contributed by atoms with Crippen molar-refractivity contribution in [3.05, 3.63) is 18.2 Å². The highest BCUT2D eigenvalue weighted by Gasteiger charge is 2.32. The fraction of sp³-hybridized carbons (Fsp3) is 0.529. The van der Waals surface area contributed by atoms with Crippen LogP contribution in [0.25, 0.3) is 0 Å². The van der Waals surface area contributed by atoms with E-state index >= 15 is 0 Å². The zero-order valence-corrected chi connectivity index (χ0v) is 15.3. The quantitative estimate of drug-likeness (QED) is 0.862. The summed E-state index contributed by atoms with van der Waals surface area (Å²) in [5.41, 5.74) is -1.34. The number of nitrogens with one attached hydrogen (secondary N) is 2. The van der Waals surface area contributed by atoms with Crippen LogP contribution in [0.1, 0.15) is 34.6 Å². The van der Waals surface area contributed by atoms with Crippen LogP contribution >= 0.6 is 0 Å². The number of methoxy groups -OCH3 is 2. The van der Waals surface area contributed by atoms with E-state index in [1.165, 1.54) is 7.11 Å². The number of ether oxygens (including phenoxy) is 3. The second-order valence-electron chi connectivity index (χ2n) is 6.77. The summed E-state index contributed by atoms with van der Waals surface area (Å²) in [4.78, 5) is 24.4. The molecule has 0 radical (unpaired) electrons. The van der Waals surface area contributed by atoms with Crippen LogP contribution in [0.3, 0.4) is 0 Å². The molecule has 1 rings (SSSR count). The van der Waals surface area contributed by atoms with Gasteiger partial charge in [0.15, 0.2) is 0 Å². The van der Waals surface area contributed by atoms with Gasteiger partial charge in [0.25, 0.3) is 0 Å². The summed E-state index contributed by atoms with van der Waals surface area (Å²) in [6, 6.07) is 5.02. The van der Waals surface area contributed by atoms with E-state index in [4.69, 9.17) is 14.2 Å². The van der Waals surface area contributed by atoms with Crippen molar-refractivity contribution in [2.45, 2.75) is 45.8 Å². The van der Waals surface area contributed by atoms with Gasteiger partial charge < -0.3 is 24.8 Å². The third-order valence-electron chi connectivity index (χ3n) is 3.04. The molecule has 134 valence electrons. The number of carbonyl (C=O) groups excluding carboxylic acids is 2. The highest BCUT2D eigenvalue weighted by atomic mass is 16.6. The lowest BCUT2D eigenvalue weighted by atomic mass is 10.0. The van der Waals surface area contributed by atoms with Gasteiger partial charge in [0, 0.05) is 6.07 Å². The Hall–Kier alpha value is -2.44. The Morgan fingerprint density at radius 1 is 1.00 bits per heavy atom. The van der Waals surface area contributed by atoms with Gasteiger partial charge in [-0.1, -0.05) is 0 Å². The average molecular weight is 338 g/mol. The first kappa shape index (κ1) is 19.6. The van der Waals surface area contributed by atoms with Crippen LogP contribution in [0, 0.1) is 0 Å². The van der Waals surface area contributed by atoms with Gasteiger partial charge in [0.2, 0.25) is 5.91 Å². The van der Waals surface area contributed by atoms with Crippen LogP contribution in [0.5, 0.6) is 11.5 Å². The average Bonchev–Trinajstić information content (AvgIpc) is 2.44. The smallest absolute Gasteiger partial charge is 0.408 e. The summed E-state index contributed by atoms with van der Waals surface area (Å²) in [6.45, 7) is 8.43. The first-order valence-electron chi connectivity index (χ1n) is 7.53. The Kier molecular flexibility index (Phi) is 6.06. The van der Waals surface area contributed by atoms with Crippen LogP contribution in [0.2, 0.25) is 0 Å². The first-order valence-corrected chi connectivity index (χ1v) is 7.53. The summed E-state index contributed by atoms with van der Waals surface area (Å²) in [7, 11) is 3.04. The van der Waals surface area contributed by atoms with Crippen molar-refractivity contribution in [1.82, 2.24) is 5.32 Å².